The Kier molecular flexibility index (Phi) is 7.61. The van der Waals surface area contributed by atoms with Gasteiger partial charge in [-0.05, 0) is 6.07 Å². The van der Waals surface area contributed by atoms with Gasteiger partial charge in [-0.3, -0.25) is 0 Å². The molecule has 1 aliphatic heterocycles. The monoisotopic (exact) mass is 541 g/mol. The minimum atomic E-state index is -2.28. The molecular weight excluding hydrogens is 519 g/mol. The molecule has 0 amide bonds. The molecule has 0 aliphatic carbocycles. The van der Waals surface area contributed by atoms with E-state index in [1.807, 2.05) is 0 Å². The maximum atomic E-state index is 14.9. The van der Waals surface area contributed by atoms with Crippen molar-refractivity contribution in [1.29, 1.82) is 0 Å². The van der Waals surface area contributed by atoms with Crippen molar-refractivity contribution in [3.63, 3.8) is 0 Å². The first-order chi connectivity index (χ1) is 17.9. The van der Waals surface area contributed by atoms with Crippen molar-refractivity contribution in [3.8, 4) is 6.01 Å². The van der Waals surface area contributed by atoms with Gasteiger partial charge in [0.25, 0.3) is 0 Å². The van der Waals surface area contributed by atoms with Crippen molar-refractivity contribution in [2.45, 2.75) is 55.7 Å². The minimum absolute atomic E-state index is 0.408. The Morgan fingerprint density at radius 3 is 2.55 bits per heavy atom. The number of hydrogen-bond acceptors (Lipinski definition) is 11. The molecule has 1 aliphatic rings. The number of benzene rings is 1. The zero-order chi connectivity index (χ0) is 27.8. The highest BCUT2D eigenvalue weighted by atomic mass is 19.1. The molecule has 38 heavy (non-hydrogen) atoms. The third-order valence-corrected chi connectivity index (χ3v) is 6.18. The van der Waals surface area contributed by atoms with Crippen LogP contribution in [0.4, 0.5) is 13.2 Å². The molecule has 0 unspecified atom stereocenters. The third kappa shape index (κ3) is 5.16. The van der Waals surface area contributed by atoms with E-state index in [0.29, 0.717) is 12.3 Å². The summed E-state index contributed by atoms with van der Waals surface area (Å²) in [7, 11) is 0. The number of aliphatic hydroxyl groups is 4. The summed E-state index contributed by atoms with van der Waals surface area (Å²) in [5.41, 5.74) is -3.20. The second-order valence-electron chi connectivity index (χ2n) is 8.60. The Morgan fingerprint density at radius 1 is 1.18 bits per heavy atom. The first-order valence-electron chi connectivity index (χ1n) is 11.0. The molecule has 5 N–H and O–H groups in total. The first kappa shape index (κ1) is 27.3. The molecule has 3 heterocycles. The molecule has 1 aromatic carbocycles. The normalized spacial score (nSPS) is 25.9. The van der Waals surface area contributed by atoms with Gasteiger partial charge in [-0.1, -0.05) is 13.0 Å². The molecule has 0 spiro atoms. The van der Waals surface area contributed by atoms with Crippen LogP contribution in [0.25, 0.3) is 0 Å². The molecule has 3 aromatic rings. The lowest BCUT2D eigenvalue weighted by atomic mass is 9.79. The number of aliphatic hydroxyl groups excluding tert-OH is 3. The van der Waals surface area contributed by atoms with E-state index in [2.05, 4.69) is 20.1 Å². The fraction of sp³-hybridized carbons (Fsp3) is 0.409. The summed E-state index contributed by atoms with van der Waals surface area (Å²) in [6.07, 6.45) is -6.79. The smallest absolute Gasteiger partial charge is 0.335 e. The van der Waals surface area contributed by atoms with E-state index in [1.165, 1.54) is 13.3 Å². The summed E-state index contributed by atoms with van der Waals surface area (Å²) >= 11 is 0. The van der Waals surface area contributed by atoms with Gasteiger partial charge in [-0.25, -0.2) is 32.6 Å². The number of carboxylic acid groups (broad SMARTS) is 1. The largest absolute Gasteiger partial charge is 0.479 e. The topological polar surface area (TPSA) is 193 Å². The summed E-state index contributed by atoms with van der Waals surface area (Å²) < 4.78 is 54.7. The van der Waals surface area contributed by atoms with Crippen molar-refractivity contribution >= 4 is 5.97 Å². The van der Waals surface area contributed by atoms with Gasteiger partial charge in [0.15, 0.2) is 11.9 Å². The van der Waals surface area contributed by atoms with Crippen LogP contribution in [0.15, 0.2) is 37.1 Å². The zero-order valence-electron chi connectivity index (χ0n) is 19.5. The Labute approximate surface area is 211 Å². The summed E-state index contributed by atoms with van der Waals surface area (Å²) in [5.74, 6) is -6.15. The third-order valence-electron chi connectivity index (χ3n) is 6.18. The molecule has 7 atom stereocenters. The fourth-order valence-electron chi connectivity index (χ4n) is 4.06. The Bertz CT molecular complexity index is 1300. The first-order valence-corrected chi connectivity index (χ1v) is 11.0. The number of aromatic nitrogens is 5. The lowest BCUT2D eigenvalue weighted by Gasteiger charge is -2.38. The van der Waals surface area contributed by atoms with Gasteiger partial charge in [-0.15, -0.1) is 0 Å². The number of ether oxygens (including phenoxy) is 2. The highest BCUT2D eigenvalue weighted by molar-refractivity contribution is 5.73. The van der Waals surface area contributed by atoms with Crippen LogP contribution in [0.1, 0.15) is 24.1 Å². The highest BCUT2D eigenvalue weighted by Crippen LogP contribution is 2.40. The second kappa shape index (κ2) is 10.6. The van der Waals surface area contributed by atoms with E-state index in [1.54, 1.807) is 0 Å². The predicted octanol–water partition coefficient (Wildman–Crippen LogP) is -0.552. The van der Waals surface area contributed by atoms with Crippen molar-refractivity contribution in [1.82, 2.24) is 24.7 Å². The maximum absolute atomic E-state index is 14.9. The molecule has 0 saturated carbocycles. The van der Waals surface area contributed by atoms with Crippen molar-refractivity contribution in [2.75, 3.05) is 0 Å². The van der Waals surface area contributed by atoms with Gasteiger partial charge in [0.05, 0.1) is 18.4 Å². The van der Waals surface area contributed by atoms with Gasteiger partial charge < -0.3 is 35.0 Å². The van der Waals surface area contributed by atoms with Crippen LogP contribution >= 0.6 is 0 Å². The van der Waals surface area contributed by atoms with Gasteiger partial charge in [0.1, 0.15) is 48.2 Å². The number of carbonyl (C=O) groups is 1. The lowest BCUT2D eigenvalue weighted by Crippen LogP contribution is -2.61. The minimum Gasteiger partial charge on any atom is -0.479 e. The second-order valence-corrected chi connectivity index (χ2v) is 8.60. The van der Waals surface area contributed by atoms with Gasteiger partial charge >= 0.3 is 12.0 Å². The predicted molar refractivity (Wildman–Crippen MR) is 116 cm³/mol. The van der Waals surface area contributed by atoms with Crippen LogP contribution in [-0.4, -0.2) is 86.9 Å². The van der Waals surface area contributed by atoms with Crippen molar-refractivity contribution < 1.29 is 53.0 Å². The van der Waals surface area contributed by atoms with Gasteiger partial charge in [0, 0.05) is 17.5 Å². The van der Waals surface area contributed by atoms with E-state index in [0.717, 1.165) is 23.1 Å². The highest BCUT2D eigenvalue weighted by Gasteiger charge is 2.48. The molecule has 2 aromatic heterocycles. The summed E-state index contributed by atoms with van der Waals surface area (Å²) in [6.45, 7) is 0.826. The maximum Gasteiger partial charge on any atom is 0.335 e. The molecular formula is C22H22F3N5O8. The van der Waals surface area contributed by atoms with Crippen LogP contribution in [0.3, 0.4) is 0 Å². The average molecular weight is 541 g/mol. The molecule has 16 heteroatoms. The quantitative estimate of drug-likeness (QED) is 0.245. The van der Waals surface area contributed by atoms with E-state index in [-0.39, 0.29) is 0 Å². The summed E-state index contributed by atoms with van der Waals surface area (Å²) in [4.78, 5) is 22.6. The number of hydrogen-bond donors (Lipinski definition) is 5. The van der Waals surface area contributed by atoms with E-state index < -0.39 is 89.5 Å². The van der Waals surface area contributed by atoms with Crippen LogP contribution in [0.5, 0.6) is 6.01 Å². The Hall–Kier alpha value is -3.70. The summed E-state index contributed by atoms with van der Waals surface area (Å²) in [5, 5.41) is 54.7. The number of nitrogens with zero attached hydrogens (tertiary/aromatic N) is 5. The molecule has 13 nitrogen and oxygen atoms in total. The van der Waals surface area contributed by atoms with Crippen molar-refractivity contribution in [2.24, 2.45) is 0 Å². The van der Waals surface area contributed by atoms with E-state index in [9.17, 15) is 43.5 Å². The van der Waals surface area contributed by atoms with Gasteiger partial charge in [0.2, 0.25) is 6.29 Å². The Morgan fingerprint density at radius 2 is 1.92 bits per heavy atom. The fourth-order valence-corrected chi connectivity index (χ4v) is 4.06. The van der Waals surface area contributed by atoms with Crippen LogP contribution in [0, 0.1) is 17.5 Å². The zero-order valence-corrected chi connectivity index (χ0v) is 19.5. The number of aliphatic carboxylic acids is 1. The van der Waals surface area contributed by atoms with E-state index >= 15 is 0 Å². The van der Waals surface area contributed by atoms with Crippen LogP contribution in [0.2, 0.25) is 0 Å². The number of halogens is 3. The average Bonchev–Trinajstić information content (AvgIpc) is 3.37. The number of carboxylic acids is 1. The van der Waals surface area contributed by atoms with Crippen LogP contribution < -0.4 is 4.74 Å². The summed E-state index contributed by atoms with van der Waals surface area (Å²) in [6, 6.07) is 1.76. The molecule has 204 valence electrons. The number of rotatable bonds is 8. The van der Waals surface area contributed by atoms with Crippen molar-refractivity contribution in [3.05, 3.63) is 65.8 Å². The lowest BCUT2D eigenvalue weighted by molar-refractivity contribution is -0.272. The molecule has 0 bridgehead atoms. The SMILES string of the molecule is C[C@@H](c1nc(O[C@@H]2O[C@H](C(=O)O)[C@@H](O)[C@H](O)[C@H]2O)ncc1F)[C@](O)(Cn1cncn1)c1ccc(F)cc1F. The molecule has 1 saturated heterocycles. The Balaban J connectivity index is 1.70. The molecule has 4 rings (SSSR count). The van der Waals surface area contributed by atoms with Crippen LogP contribution in [-0.2, 0) is 21.7 Å². The standard InChI is InChI=1S/C22H22F3N5O8/c1-9(22(36,6-30-8-26-7-28-30)11-3-2-10(23)4-12(11)24)14-13(25)5-27-21(29-14)38-20-17(33)15(31)16(32)18(37-20)19(34)35/h2-5,7-9,15-18,20,31-33,36H,6H2,1H3,(H,34,35)/t9-,15-,16-,17+,18-,20-,22+/m0/s1. The van der Waals surface area contributed by atoms with E-state index in [4.69, 9.17) is 9.47 Å². The molecule has 0 radical (unpaired) electrons. The van der Waals surface area contributed by atoms with Gasteiger partial charge in [-0.2, -0.15) is 10.1 Å². The molecule has 1 fully saturated rings.